The first-order valence-corrected chi connectivity index (χ1v) is 12.4. The van der Waals surface area contributed by atoms with Gasteiger partial charge in [-0.1, -0.05) is 30.0 Å². The first kappa shape index (κ1) is 21.8. The number of thiazole rings is 1. The number of carbonyl (C=O) groups excluding carboxylic acids is 2. The van der Waals surface area contributed by atoms with Crippen LogP contribution < -0.4 is 10.6 Å². The van der Waals surface area contributed by atoms with E-state index in [4.69, 9.17) is 14.7 Å². The third-order valence-electron chi connectivity index (χ3n) is 5.71. The van der Waals surface area contributed by atoms with Gasteiger partial charge < -0.3 is 15.4 Å². The van der Waals surface area contributed by atoms with Gasteiger partial charge in [-0.3, -0.25) is 14.7 Å². The van der Waals surface area contributed by atoms with Crippen molar-refractivity contribution in [3.8, 4) is 0 Å². The lowest BCUT2D eigenvalue weighted by atomic mass is 9.80. The molecule has 0 bridgehead atoms. The number of amidine groups is 1. The van der Waals surface area contributed by atoms with Gasteiger partial charge in [0.15, 0.2) is 5.17 Å². The molecule has 3 N–H and O–H groups in total. The summed E-state index contributed by atoms with van der Waals surface area (Å²) in [6.07, 6.45) is 2.55. The molecule has 0 aliphatic carbocycles. The Labute approximate surface area is 198 Å². The van der Waals surface area contributed by atoms with Gasteiger partial charge in [0.2, 0.25) is 0 Å². The molecule has 0 saturated carbocycles. The lowest BCUT2D eigenvalue weighted by Crippen LogP contribution is -2.50. The number of aromatic nitrogens is 3. The average Bonchev–Trinajstić information content (AvgIpc) is 3.53. The van der Waals surface area contributed by atoms with Crippen LogP contribution in [0.1, 0.15) is 39.2 Å². The van der Waals surface area contributed by atoms with Gasteiger partial charge in [-0.05, 0) is 31.5 Å². The molecular formula is C22H22N6O3S2. The highest BCUT2D eigenvalue weighted by molar-refractivity contribution is 8.13. The highest BCUT2D eigenvalue weighted by Gasteiger charge is 2.49. The van der Waals surface area contributed by atoms with Crippen molar-refractivity contribution >= 4 is 45.9 Å². The van der Waals surface area contributed by atoms with Crippen LogP contribution in [-0.2, 0) is 10.3 Å². The minimum Gasteiger partial charge on any atom is -0.375 e. The lowest BCUT2D eigenvalue weighted by Gasteiger charge is -2.44. The van der Waals surface area contributed by atoms with Crippen LogP contribution in [0.25, 0.3) is 0 Å². The number of aliphatic imine (C=N–C) groups is 1. The molecule has 3 atom stereocenters. The topological polar surface area (TPSA) is 121 Å². The maximum atomic E-state index is 12.7. The molecule has 0 radical (unpaired) electrons. The van der Waals surface area contributed by atoms with E-state index < -0.39 is 5.54 Å². The van der Waals surface area contributed by atoms with Crippen molar-refractivity contribution in [1.82, 2.24) is 20.5 Å². The molecule has 0 spiro atoms. The zero-order valence-corrected chi connectivity index (χ0v) is 19.4. The Morgan fingerprint density at radius 3 is 2.82 bits per heavy atom. The molecule has 33 heavy (non-hydrogen) atoms. The molecule has 5 rings (SSSR count). The molecule has 4 heterocycles. The quantitative estimate of drug-likeness (QED) is 0.525. The van der Waals surface area contributed by atoms with Crippen molar-refractivity contribution in [1.29, 1.82) is 0 Å². The molecule has 11 heteroatoms. The monoisotopic (exact) mass is 482 g/mol. The standard InChI is InChI=1S/C22H22N6O3S2/c1-13-9-15-10-33-21(26-18(29)14-5-3-2-4-6-14)27-22(15,12-31-13)20-25-17(11-32-20)24-19(30)16-7-8-23-28-16/h2-8,11,13,15H,9-10,12H2,1H3,(H,23,28)(H,24,30)(H,26,27,29)/t13-,15-,22-/m0/s1. The number of nitrogens with one attached hydrogen (secondary N) is 3. The van der Waals surface area contributed by atoms with Crippen LogP contribution in [0.5, 0.6) is 0 Å². The fraction of sp³-hybridized carbons (Fsp3) is 0.318. The van der Waals surface area contributed by atoms with E-state index >= 15 is 0 Å². The average molecular weight is 483 g/mol. The molecule has 1 saturated heterocycles. The number of thioether (sulfide) groups is 1. The van der Waals surface area contributed by atoms with Gasteiger partial charge in [-0.15, -0.1) is 11.3 Å². The second-order valence-corrected chi connectivity index (χ2v) is 9.84. The minimum absolute atomic E-state index is 0.123. The number of anilines is 1. The first-order valence-electron chi connectivity index (χ1n) is 10.5. The smallest absolute Gasteiger partial charge is 0.277 e. The Kier molecular flexibility index (Phi) is 6.00. The molecule has 1 aromatic carbocycles. The lowest BCUT2D eigenvalue weighted by molar-refractivity contribution is -0.0466. The largest absolute Gasteiger partial charge is 0.375 e. The number of fused-ring (bicyclic) bond motifs is 1. The molecule has 2 amide bonds. The number of hydrogen-bond acceptors (Lipinski definition) is 8. The molecule has 9 nitrogen and oxygen atoms in total. The summed E-state index contributed by atoms with van der Waals surface area (Å²) in [4.78, 5) is 34.7. The molecule has 0 unspecified atom stereocenters. The molecule has 1 fully saturated rings. The van der Waals surface area contributed by atoms with Crippen molar-refractivity contribution in [2.75, 3.05) is 17.7 Å². The summed E-state index contributed by atoms with van der Waals surface area (Å²) in [6, 6.07) is 10.7. The third kappa shape index (κ3) is 4.43. The Bertz CT molecular complexity index is 1180. The van der Waals surface area contributed by atoms with E-state index in [1.54, 1.807) is 41.5 Å². The van der Waals surface area contributed by atoms with Crippen LogP contribution >= 0.6 is 23.1 Å². The molecular weight excluding hydrogens is 460 g/mol. The molecule has 2 aromatic heterocycles. The summed E-state index contributed by atoms with van der Waals surface area (Å²) in [5, 5.41) is 15.4. The van der Waals surface area contributed by atoms with Crippen molar-refractivity contribution in [2.45, 2.75) is 25.0 Å². The molecule has 3 aromatic rings. The summed E-state index contributed by atoms with van der Waals surface area (Å²) >= 11 is 2.97. The third-order valence-corrected chi connectivity index (χ3v) is 7.75. The van der Waals surface area contributed by atoms with E-state index in [0.29, 0.717) is 23.2 Å². The van der Waals surface area contributed by atoms with Gasteiger partial charge in [0.1, 0.15) is 22.1 Å². The zero-order chi connectivity index (χ0) is 22.8. The van der Waals surface area contributed by atoms with Crippen molar-refractivity contribution in [2.24, 2.45) is 10.9 Å². The van der Waals surface area contributed by atoms with Crippen molar-refractivity contribution < 1.29 is 14.3 Å². The Hall–Kier alpha value is -3.02. The van der Waals surface area contributed by atoms with Gasteiger partial charge in [-0.2, -0.15) is 5.10 Å². The second kappa shape index (κ2) is 9.08. The van der Waals surface area contributed by atoms with E-state index in [0.717, 1.165) is 17.2 Å². The van der Waals surface area contributed by atoms with E-state index in [-0.39, 0.29) is 29.5 Å². The summed E-state index contributed by atoms with van der Waals surface area (Å²) < 4.78 is 6.03. The van der Waals surface area contributed by atoms with Gasteiger partial charge in [0.25, 0.3) is 11.8 Å². The number of ether oxygens (including phenoxy) is 1. The fourth-order valence-electron chi connectivity index (χ4n) is 3.98. The van der Waals surface area contributed by atoms with Crippen LogP contribution in [0, 0.1) is 5.92 Å². The molecule has 2 aliphatic heterocycles. The highest BCUT2D eigenvalue weighted by Crippen LogP contribution is 2.47. The Morgan fingerprint density at radius 1 is 1.18 bits per heavy atom. The first-order chi connectivity index (χ1) is 16.0. The predicted molar refractivity (Wildman–Crippen MR) is 128 cm³/mol. The summed E-state index contributed by atoms with van der Waals surface area (Å²) in [6.45, 7) is 2.42. The zero-order valence-electron chi connectivity index (χ0n) is 17.8. The van der Waals surface area contributed by atoms with Crippen LogP contribution in [0.4, 0.5) is 5.82 Å². The van der Waals surface area contributed by atoms with E-state index in [9.17, 15) is 9.59 Å². The normalized spacial score (nSPS) is 24.5. The maximum Gasteiger partial charge on any atom is 0.277 e. The fourth-order valence-corrected chi connectivity index (χ4v) is 6.10. The van der Waals surface area contributed by atoms with E-state index in [1.165, 1.54) is 11.3 Å². The van der Waals surface area contributed by atoms with Gasteiger partial charge in [-0.25, -0.2) is 9.98 Å². The number of H-pyrrole nitrogens is 1. The van der Waals surface area contributed by atoms with Gasteiger partial charge >= 0.3 is 0 Å². The van der Waals surface area contributed by atoms with E-state index in [1.807, 2.05) is 18.2 Å². The Morgan fingerprint density at radius 2 is 2.03 bits per heavy atom. The van der Waals surface area contributed by atoms with E-state index in [2.05, 4.69) is 27.8 Å². The van der Waals surface area contributed by atoms with Crippen LogP contribution in [-0.4, -0.2) is 50.6 Å². The minimum atomic E-state index is -0.711. The number of hydrogen-bond donors (Lipinski definition) is 3. The van der Waals surface area contributed by atoms with Crippen LogP contribution in [0.2, 0.25) is 0 Å². The van der Waals surface area contributed by atoms with Crippen LogP contribution in [0.3, 0.4) is 0 Å². The number of aromatic amines is 1. The van der Waals surface area contributed by atoms with Crippen molar-refractivity contribution in [3.05, 3.63) is 64.2 Å². The number of amides is 2. The number of rotatable bonds is 4. The Balaban J connectivity index is 1.42. The summed E-state index contributed by atoms with van der Waals surface area (Å²) in [5.74, 6) is 0.888. The maximum absolute atomic E-state index is 12.7. The number of nitrogens with zero attached hydrogens (tertiary/aromatic N) is 3. The van der Waals surface area contributed by atoms with Crippen LogP contribution in [0.15, 0.2) is 53.0 Å². The van der Waals surface area contributed by atoms with Gasteiger partial charge in [0.05, 0.1) is 12.7 Å². The van der Waals surface area contributed by atoms with Crippen molar-refractivity contribution in [3.63, 3.8) is 0 Å². The predicted octanol–water partition coefficient (Wildman–Crippen LogP) is 3.27. The highest BCUT2D eigenvalue weighted by atomic mass is 32.2. The summed E-state index contributed by atoms with van der Waals surface area (Å²) in [5.41, 5.74) is 0.147. The second-order valence-electron chi connectivity index (χ2n) is 7.98. The molecule has 2 aliphatic rings. The number of carbonyl (C=O) groups is 2. The SMILES string of the molecule is C[C@H]1C[C@H]2CSC(NC(=O)c3ccccc3)=N[C@@]2(c2nc(NC(=O)c3cc[nH]n3)cs2)CO1. The number of benzene rings is 1. The summed E-state index contributed by atoms with van der Waals surface area (Å²) in [7, 11) is 0. The molecule has 170 valence electrons. The van der Waals surface area contributed by atoms with Gasteiger partial charge in [0, 0.05) is 28.8 Å².